The summed E-state index contributed by atoms with van der Waals surface area (Å²) in [5, 5.41) is 4.78. The van der Waals surface area contributed by atoms with E-state index in [0.717, 1.165) is 42.2 Å². The van der Waals surface area contributed by atoms with Crippen LogP contribution in [0.3, 0.4) is 0 Å². The Bertz CT molecular complexity index is 910. The quantitative estimate of drug-likeness (QED) is 0.733. The zero-order chi connectivity index (χ0) is 19.5. The summed E-state index contributed by atoms with van der Waals surface area (Å²) in [6.45, 7) is 0. The van der Waals surface area contributed by atoms with Gasteiger partial charge in [0.05, 0.1) is 18.9 Å². The minimum absolute atomic E-state index is 0.0110. The van der Waals surface area contributed by atoms with E-state index in [1.165, 1.54) is 0 Å². The average molecular weight is 379 g/mol. The molecule has 4 rings (SSSR count). The molecule has 0 amide bonds. The first-order valence-corrected chi connectivity index (χ1v) is 9.50. The molecule has 3 atom stereocenters. The van der Waals surface area contributed by atoms with E-state index in [-0.39, 0.29) is 18.1 Å². The van der Waals surface area contributed by atoms with Crippen LogP contribution in [0.5, 0.6) is 5.75 Å². The Labute approximate surface area is 164 Å². The van der Waals surface area contributed by atoms with Gasteiger partial charge in [0.15, 0.2) is 5.82 Å². The molecule has 7 heteroatoms. The molecule has 0 radical (unpaired) electrons. The van der Waals surface area contributed by atoms with Crippen LogP contribution >= 0.6 is 0 Å². The predicted octanol–water partition coefficient (Wildman–Crippen LogP) is 2.95. The molecule has 28 heavy (non-hydrogen) atoms. The maximum atomic E-state index is 6.35. The highest BCUT2D eigenvalue weighted by molar-refractivity contribution is 5.49. The second-order valence-corrected chi connectivity index (χ2v) is 7.07. The topological polar surface area (TPSA) is 88.1 Å². The molecule has 0 saturated heterocycles. The summed E-state index contributed by atoms with van der Waals surface area (Å²) in [6, 6.07) is 13.6. The van der Waals surface area contributed by atoms with E-state index in [0.29, 0.717) is 5.82 Å². The van der Waals surface area contributed by atoms with Crippen molar-refractivity contribution >= 4 is 0 Å². The number of methoxy groups -OCH3 is 2. The van der Waals surface area contributed by atoms with Gasteiger partial charge in [-0.2, -0.15) is 0 Å². The highest BCUT2D eigenvalue weighted by atomic mass is 16.5. The monoisotopic (exact) mass is 379 g/mol. The van der Waals surface area contributed by atoms with Gasteiger partial charge < -0.3 is 15.2 Å². The van der Waals surface area contributed by atoms with Crippen LogP contribution in [0.4, 0.5) is 0 Å². The van der Waals surface area contributed by atoms with E-state index in [4.69, 9.17) is 25.3 Å². The Morgan fingerprint density at radius 3 is 2.54 bits per heavy atom. The number of rotatable bonds is 5. The van der Waals surface area contributed by atoms with Gasteiger partial charge in [0, 0.05) is 25.3 Å². The zero-order valence-electron chi connectivity index (χ0n) is 16.2. The molecule has 2 aromatic heterocycles. The molecule has 2 heterocycles. The van der Waals surface area contributed by atoms with Crippen molar-refractivity contribution in [2.24, 2.45) is 5.73 Å². The lowest BCUT2D eigenvalue weighted by molar-refractivity contribution is 0.0482. The molecule has 3 aromatic rings. The fraction of sp³-hybridized carbons (Fsp3) is 0.381. The number of ether oxygens (including phenoxy) is 2. The third-order valence-electron chi connectivity index (χ3n) is 5.34. The molecule has 0 bridgehead atoms. The van der Waals surface area contributed by atoms with Crippen molar-refractivity contribution in [1.29, 1.82) is 0 Å². The van der Waals surface area contributed by atoms with Gasteiger partial charge >= 0.3 is 0 Å². The molecule has 1 aliphatic carbocycles. The Kier molecular flexibility index (Phi) is 5.36. The highest BCUT2D eigenvalue weighted by Crippen LogP contribution is 2.34. The summed E-state index contributed by atoms with van der Waals surface area (Å²) in [4.78, 5) is 9.28. The molecule has 7 nitrogen and oxygen atoms in total. The van der Waals surface area contributed by atoms with Gasteiger partial charge in [-0.1, -0.05) is 6.07 Å². The van der Waals surface area contributed by atoms with Gasteiger partial charge in [0.2, 0.25) is 0 Å². The van der Waals surface area contributed by atoms with Crippen LogP contribution < -0.4 is 10.5 Å². The van der Waals surface area contributed by atoms with Crippen molar-refractivity contribution in [3.05, 3.63) is 54.5 Å². The van der Waals surface area contributed by atoms with Crippen LogP contribution in [0.2, 0.25) is 0 Å². The van der Waals surface area contributed by atoms with Gasteiger partial charge in [-0.15, -0.1) is 5.10 Å². The number of benzene rings is 1. The lowest BCUT2D eigenvalue weighted by atomic mass is 9.83. The number of pyridine rings is 1. The van der Waals surface area contributed by atoms with E-state index < -0.39 is 0 Å². The van der Waals surface area contributed by atoms with Crippen LogP contribution in [0.1, 0.15) is 31.0 Å². The van der Waals surface area contributed by atoms with Crippen molar-refractivity contribution < 1.29 is 9.47 Å². The van der Waals surface area contributed by atoms with Gasteiger partial charge in [0.25, 0.3) is 0 Å². The Balaban J connectivity index is 1.74. The second-order valence-electron chi connectivity index (χ2n) is 7.07. The largest absolute Gasteiger partial charge is 0.497 e. The summed E-state index contributed by atoms with van der Waals surface area (Å²) in [7, 11) is 3.38. The van der Waals surface area contributed by atoms with Crippen LogP contribution in [0.25, 0.3) is 17.2 Å². The third kappa shape index (κ3) is 3.63. The standard InChI is InChI=1S/C21H25N5O2/c1-27-16-9-7-15(8-10-16)26-21(14-6-11-19(28-2)17(22)13-14)24-20(25-26)18-5-3-4-12-23-18/h3-5,7-10,12,14,17,19H,6,11,13,22H2,1-2H3/t14-,17+,19+/m0/s1. The minimum Gasteiger partial charge on any atom is -0.497 e. The van der Waals surface area contributed by atoms with Gasteiger partial charge in [-0.05, 0) is 55.7 Å². The molecule has 146 valence electrons. The fourth-order valence-corrected chi connectivity index (χ4v) is 3.81. The Morgan fingerprint density at radius 2 is 1.89 bits per heavy atom. The first kappa shape index (κ1) is 18.6. The number of nitrogens with two attached hydrogens (primary N) is 1. The second kappa shape index (κ2) is 8.08. The molecule has 1 aromatic carbocycles. The van der Waals surface area contributed by atoms with E-state index in [1.54, 1.807) is 20.4 Å². The van der Waals surface area contributed by atoms with Crippen LogP contribution in [-0.2, 0) is 4.74 Å². The van der Waals surface area contributed by atoms with Crippen molar-refractivity contribution in [1.82, 2.24) is 19.7 Å². The van der Waals surface area contributed by atoms with Crippen molar-refractivity contribution in [3.63, 3.8) is 0 Å². The van der Waals surface area contributed by atoms with E-state index in [1.807, 2.05) is 47.1 Å². The smallest absolute Gasteiger partial charge is 0.200 e. The van der Waals surface area contributed by atoms with Gasteiger partial charge in [0.1, 0.15) is 17.3 Å². The lowest BCUT2D eigenvalue weighted by Gasteiger charge is -2.32. The van der Waals surface area contributed by atoms with E-state index >= 15 is 0 Å². The molecule has 0 spiro atoms. The number of aromatic nitrogens is 4. The summed E-state index contributed by atoms with van der Waals surface area (Å²) in [5.74, 6) is 2.55. The molecule has 1 saturated carbocycles. The minimum atomic E-state index is -0.0110. The molecule has 1 aliphatic rings. The summed E-state index contributed by atoms with van der Waals surface area (Å²) in [6.07, 6.45) is 4.54. The summed E-state index contributed by atoms with van der Waals surface area (Å²) < 4.78 is 12.7. The molecular weight excluding hydrogens is 354 g/mol. The van der Waals surface area contributed by atoms with Crippen LogP contribution in [0.15, 0.2) is 48.7 Å². The van der Waals surface area contributed by atoms with Crippen molar-refractivity contribution in [2.45, 2.75) is 37.3 Å². The average Bonchev–Trinajstić information content (AvgIpc) is 3.20. The molecular formula is C21H25N5O2. The zero-order valence-corrected chi connectivity index (χ0v) is 16.2. The van der Waals surface area contributed by atoms with Crippen molar-refractivity contribution in [2.75, 3.05) is 14.2 Å². The molecule has 2 N–H and O–H groups in total. The Morgan fingerprint density at radius 1 is 1.07 bits per heavy atom. The fourth-order valence-electron chi connectivity index (χ4n) is 3.81. The predicted molar refractivity (Wildman–Crippen MR) is 107 cm³/mol. The van der Waals surface area contributed by atoms with Crippen LogP contribution in [-0.4, -0.2) is 46.1 Å². The molecule has 1 fully saturated rings. The van der Waals surface area contributed by atoms with Gasteiger partial charge in [-0.3, -0.25) is 4.98 Å². The number of nitrogens with zero attached hydrogens (tertiary/aromatic N) is 4. The third-order valence-corrected chi connectivity index (χ3v) is 5.34. The Hall–Kier alpha value is -2.77. The molecule has 0 aliphatic heterocycles. The van der Waals surface area contributed by atoms with Crippen molar-refractivity contribution in [3.8, 4) is 23.0 Å². The molecule has 0 unspecified atom stereocenters. The summed E-state index contributed by atoms with van der Waals surface area (Å²) >= 11 is 0. The van der Waals surface area contributed by atoms with Crippen LogP contribution in [0, 0.1) is 0 Å². The first-order chi connectivity index (χ1) is 13.7. The number of hydrogen-bond acceptors (Lipinski definition) is 6. The normalized spacial score (nSPS) is 22.2. The maximum Gasteiger partial charge on any atom is 0.200 e. The first-order valence-electron chi connectivity index (χ1n) is 9.50. The van der Waals surface area contributed by atoms with E-state index in [2.05, 4.69) is 4.98 Å². The number of hydrogen-bond donors (Lipinski definition) is 1. The summed E-state index contributed by atoms with van der Waals surface area (Å²) in [5.41, 5.74) is 8.04. The SMILES string of the molecule is COc1ccc(-n2nc(-c3ccccn3)nc2[C@H]2CC[C@@H](OC)[C@H](N)C2)cc1. The highest BCUT2D eigenvalue weighted by Gasteiger charge is 2.32. The van der Waals surface area contributed by atoms with E-state index in [9.17, 15) is 0 Å². The lowest BCUT2D eigenvalue weighted by Crippen LogP contribution is -2.41. The van der Waals surface area contributed by atoms with Gasteiger partial charge in [-0.25, -0.2) is 9.67 Å². The maximum absolute atomic E-state index is 6.35.